The predicted octanol–water partition coefficient (Wildman–Crippen LogP) is -0.217. The second-order valence-electron chi connectivity index (χ2n) is 2.42. The van der Waals surface area contributed by atoms with Crippen molar-refractivity contribution in [1.29, 1.82) is 0 Å². The molecule has 0 saturated carbocycles. The first-order valence-electron chi connectivity index (χ1n) is 3.97. The first kappa shape index (κ1) is 11.1. The van der Waals surface area contributed by atoms with Gasteiger partial charge in [0.2, 0.25) is 0 Å². The van der Waals surface area contributed by atoms with Crippen molar-refractivity contribution in [2.24, 2.45) is 11.5 Å². The van der Waals surface area contributed by atoms with Gasteiger partial charge in [0, 0.05) is 12.1 Å². The van der Waals surface area contributed by atoms with Crippen LogP contribution in [0.4, 0.5) is 0 Å². The number of carbonyl (C=O) groups excluding carboxylic acids is 1. The minimum absolute atomic E-state index is 0.250. The maximum Gasteiger partial charge on any atom is 0.333 e. The minimum Gasteiger partial charge on any atom is -0.461 e. The molecule has 4 nitrogen and oxygen atoms in total. The van der Waals surface area contributed by atoms with Gasteiger partial charge in [-0.3, -0.25) is 0 Å². The molecule has 0 unspecified atom stereocenters. The van der Waals surface area contributed by atoms with E-state index in [-0.39, 0.29) is 12.6 Å². The van der Waals surface area contributed by atoms with Crippen molar-refractivity contribution >= 4 is 5.97 Å². The third-order valence-electron chi connectivity index (χ3n) is 1.32. The molecule has 0 atom stereocenters. The Morgan fingerprint density at radius 1 is 1.33 bits per heavy atom. The Kier molecular flexibility index (Phi) is 6.32. The van der Waals surface area contributed by atoms with Crippen LogP contribution in [-0.4, -0.2) is 25.7 Å². The second-order valence-corrected chi connectivity index (χ2v) is 2.42. The standard InChI is InChI=1S/C8H16N2O2/c1-7(3-2-4-9)8(11)12-6-5-10/h1-6,9-10H2. The molecule has 0 aromatic carbocycles. The summed E-state index contributed by atoms with van der Waals surface area (Å²) in [4.78, 5) is 11.0. The van der Waals surface area contributed by atoms with E-state index in [1.165, 1.54) is 0 Å². The van der Waals surface area contributed by atoms with E-state index >= 15 is 0 Å². The Labute approximate surface area is 72.6 Å². The molecule has 4 N–H and O–H groups in total. The second kappa shape index (κ2) is 6.82. The van der Waals surface area contributed by atoms with Crippen molar-refractivity contribution in [3.8, 4) is 0 Å². The van der Waals surface area contributed by atoms with E-state index in [1.807, 2.05) is 0 Å². The zero-order valence-electron chi connectivity index (χ0n) is 7.21. The van der Waals surface area contributed by atoms with Crippen LogP contribution >= 0.6 is 0 Å². The van der Waals surface area contributed by atoms with E-state index in [0.717, 1.165) is 6.42 Å². The highest BCUT2D eigenvalue weighted by Gasteiger charge is 2.06. The SMILES string of the molecule is C=C(CCCN)C(=O)OCCN. The van der Waals surface area contributed by atoms with Gasteiger partial charge in [-0.15, -0.1) is 0 Å². The fourth-order valence-electron chi connectivity index (χ4n) is 0.671. The summed E-state index contributed by atoms with van der Waals surface area (Å²) in [5.74, 6) is -0.367. The van der Waals surface area contributed by atoms with E-state index in [9.17, 15) is 4.79 Å². The fraction of sp³-hybridized carbons (Fsp3) is 0.625. The molecule has 0 aromatic rings. The summed E-state index contributed by atoms with van der Waals surface area (Å²) in [6.45, 7) is 4.73. The molecule has 4 heteroatoms. The highest BCUT2D eigenvalue weighted by atomic mass is 16.5. The molecule has 12 heavy (non-hydrogen) atoms. The summed E-state index contributed by atoms with van der Waals surface area (Å²) >= 11 is 0. The average Bonchev–Trinajstić information content (AvgIpc) is 2.10. The summed E-state index contributed by atoms with van der Waals surface area (Å²) < 4.78 is 4.75. The van der Waals surface area contributed by atoms with Gasteiger partial charge in [-0.05, 0) is 19.4 Å². The maximum atomic E-state index is 11.0. The Morgan fingerprint density at radius 3 is 2.50 bits per heavy atom. The molecular weight excluding hydrogens is 156 g/mol. The van der Waals surface area contributed by atoms with Gasteiger partial charge in [0.05, 0.1) is 0 Å². The Bertz CT molecular complexity index is 139. The van der Waals surface area contributed by atoms with Gasteiger partial charge in [-0.2, -0.15) is 0 Å². The van der Waals surface area contributed by atoms with Gasteiger partial charge in [-0.25, -0.2) is 4.79 Å². The monoisotopic (exact) mass is 172 g/mol. The van der Waals surface area contributed by atoms with E-state index < -0.39 is 0 Å². The molecule has 70 valence electrons. The molecule has 0 saturated heterocycles. The van der Waals surface area contributed by atoms with E-state index in [0.29, 0.717) is 25.1 Å². The van der Waals surface area contributed by atoms with Crippen molar-refractivity contribution in [3.63, 3.8) is 0 Å². The first-order valence-corrected chi connectivity index (χ1v) is 3.97. The zero-order valence-corrected chi connectivity index (χ0v) is 7.21. The number of nitrogens with two attached hydrogens (primary N) is 2. The van der Waals surface area contributed by atoms with Crippen LogP contribution in [0.2, 0.25) is 0 Å². The highest BCUT2D eigenvalue weighted by Crippen LogP contribution is 2.02. The van der Waals surface area contributed by atoms with E-state index in [4.69, 9.17) is 16.2 Å². The number of hydrogen-bond acceptors (Lipinski definition) is 4. The van der Waals surface area contributed by atoms with Crippen molar-refractivity contribution in [1.82, 2.24) is 0 Å². The molecule has 0 amide bonds. The Balaban J connectivity index is 3.55. The van der Waals surface area contributed by atoms with Gasteiger partial charge in [0.1, 0.15) is 6.61 Å². The molecule has 0 bridgehead atoms. The lowest BCUT2D eigenvalue weighted by atomic mass is 10.2. The van der Waals surface area contributed by atoms with Crippen LogP contribution in [0, 0.1) is 0 Å². The predicted molar refractivity (Wildman–Crippen MR) is 47.4 cm³/mol. The Hall–Kier alpha value is -0.870. The van der Waals surface area contributed by atoms with Crippen LogP contribution in [-0.2, 0) is 9.53 Å². The van der Waals surface area contributed by atoms with Crippen molar-refractivity contribution in [2.75, 3.05) is 19.7 Å². The lowest BCUT2D eigenvalue weighted by Crippen LogP contribution is -2.15. The summed E-state index contributed by atoms with van der Waals surface area (Å²) in [5.41, 5.74) is 10.9. The minimum atomic E-state index is -0.367. The lowest BCUT2D eigenvalue weighted by Gasteiger charge is -2.04. The van der Waals surface area contributed by atoms with E-state index in [1.54, 1.807) is 0 Å². The van der Waals surface area contributed by atoms with Gasteiger partial charge < -0.3 is 16.2 Å². The van der Waals surface area contributed by atoms with Crippen molar-refractivity contribution < 1.29 is 9.53 Å². The number of hydrogen-bond donors (Lipinski definition) is 2. The van der Waals surface area contributed by atoms with Gasteiger partial charge >= 0.3 is 5.97 Å². The molecule has 0 aromatic heterocycles. The molecule has 0 radical (unpaired) electrons. The third kappa shape index (κ3) is 4.87. The first-order chi connectivity index (χ1) is 5.72. The van der Waals surface area contributed by atoms with Crippen LogP contribution in [0.25, 0.3) is 0 Å². The smallest absolute Gasteiger partial charge is 0.333 e. The van der Waals surface area contributed by atoms with Crippen LogP contribution in [0.5, 0.6) is 0 Å². The molecular formula is C8H16N2O2. The topological polar surface area (TPSA) is 78.3 Å². The molecule has 0 rings (SSSR count). The van der Waals surface area contributed by atoms with Gasteiger partial charge in [0.25, 0.3) is 0 Å². The summed E-state index contributed by atoms with van der Waals surface area (Å²) in [5, 5.41) is 0. The van der Waals surface area contributed by atoms with Crippen molar-refractivity contribution in [2.45, 2.75) is 12.8 Å². The molecule has 0 aliphatic carbocycles. The van der Waals surface area contributed by atoms with Gasteiger partial charge in [-0.1, -0.05) is 6.58 Å². The third-order valence-corrected chi connectivity index (χ3v) is 1.32. The molecule has 0 fully saturated rings. The maximum absolute atomic E-state index is 11.0. The molecule has 0 aliphatic heterocycles. The van der Waals surface area contributed by atoms with Crippen LogP contribution < -0.4 is 11.5 Å². The summed E-state index contributed by atoms with van der Waals surface area (Å²) in [6, 6.07) is 0. The fourth-order valence-corrected chi connectivity index (χ4v) is 0.671. The average molecular weight is 172 g/mol. The zero-order chi connectivity index (χ0) is 9.40. The van der Waals surface area contributed by atoms with Gasteiger partial charge in [0.15, 0.2) is 0 Å². The largest absolute Gasteiger partial charge is 0.461 e. The van der Waals surface area contributed by atoms with Crippen LogP contribution in [0.15, 0.2) is 12.2 Å². The Morgan fingerprint density at radius 2 is 2.00 bits per heavy atom. The number of carbonyl (C=O) groups is 1. The summed E-state index contributed by atoms with van der Waals surface area (Å²) in [6.07, 6.45) is 1.36. The number of ether oxygens (including phenoxy) is 1. The van der Waals surface area contributed by atoms with Crippen LogP contribution in [0.3, 0.4) is 0 Å². The summed E-state index contributed by atoms with van der Waals surface area (Å²) in [7, 11) is 0. The lowest BCUT2D eigenvalue weighted by molar-refractivity contribution is -0.138. The number of rotatable bonds is 6. The van der Waals surface area contributed by atoms with E-state index in [2.05, 4.69) is 6.58 Å². The quantitative estimate of drug-likeness (QED) is 0.429. The normalized spacial score (nSPS) is 9.50. The molecule has 0 aliphatic rings. The van der Waals surface area contributed by atoms with Crippen LogP contribution in [0.1, 0.15) is 12.8 Å². The molecule has 0 spiro atoms. The highest BCUT2D eigenvalue weighted by molar-refractivity contribution is 5.87. The molecule has 0 heterocycles. The van der Waals surface area contributed by atoms with Crippen molar-refractivity contribution in [3.05, 3.63) is 12.2 Å². The number of esters is 1.